The lowest BCUT2D eigenvalue weighted by molar-refractivity contribution is -0.125. The largest absolute Gasteiger partial charge is 0.496 e. The van der Waals surface area contributed by atoms with E-state index in [4.69, 9.17) is 10.5 Å². The monoisotopic (exact) mass is 484 g/mol. The first-order valence-corrected chi connectivity index (χ1v) is 11.2. The van der Waals surface area contributed by atoms with Crippen LogP contribution in [0.4, 0.5) is 0 Å². The molecule has 0 aliphatic rings. The normalized spacial score (nSPS) is 12.7. The number of carbonyl (C=O) groups excluding carboxylic acids is 1. The summed E-state index contributed by atoms with van der Waals surface area (Å²) in [5.41, 5.74) is 3.53. The second-order valence-electron chi connectivity index (χ2n) is 8.25. The molecule has 178 valence electrons. The van der Waals surface area contributed by atoms with Crippen LogP contribution in [0.3, 0.4) is 0 Å². The molecule has 4 aromatic rings. The van der Waals surface area contributed by atoms with E-state index in [2.05, 4.69) is 10.2 Å². The highest BCUT2D eigenvalue weighted by Crippen LogP contribution is 2.32. The summed E-state index contributed by atoms with van der Waals surface area (Å²) >= 11 is 1.14. The van der Waals surface area contributed by atoms with E-state index in [1.807, 2.05) is 0 Å². The van der Waals surface area contributed by atoms with Gasteiger partial charge in [0.1, 0.15) is 27.2 Å². The molecule has 0 aliphatic heterocycles. The molecule has 0 fully saturated rings. The van der Waals surface area contributed by atoms with Crippen LogP contribution in [0.25, 0.3) is 15.2 Å². The molecule has 3 heterocycles. The first-order valence-electron chi connectivity index (χ1n) is 10.4. The molecular weight excluding hydrogens is 460 g/mol. The van der Waals surface area contributed by atoms with Crippen LogP contribution >= 0.6 is 11.3 Å². The number of thiophene rings is 1. The number of methoxy groups -OCH3 is 1. The molecule has 34 heavy (non-hydrogen) atoms. The molecule has 1 aromatic carbocycles. The third kappa shape index (κ3) is 3.60. The molecule has 0 saturated heterocycles. The van der Waals surface area contributed by atoms with Crippen molar-refractivity contribution in [3.8, 4) is 10.8 Å². The van der Waals surface area contributed by atoms with E-state index >= 15 is 0 Å². The second kappa shape index (κ2) is 8.54. The van der Waals surface area contributed by atoms with E-state index < -0.39 is 28.8 Å². The van der Waals surface area contributed by atoms with Gasteiger partial charge in [0.2, 0.25) is 5.91 Å². The number of nitrogens with two attached hydrogens (primary N) is 1. The summed E-state index contributed by atoms with van der Waals surface area (Å²) in [6, 6.07) is 6.90. The summed E-state index contributed by atoms with van der Waals surface area (Å²) in [5, 5.41) is 20.1. The number of carbonyl (C=O) groups is 1. The molecule has 0 spiro atoms. The Morgan fingerprint density at radius 2 is 1.88 bits per heavy atom. The molecule has 4 rings (SSSR count). The Balaban J connectivity index is 2.03. The average molecular weight is 485 g/mol. The molecule has 0 aliphatic carbocycles. The Hall–Kier alpha value is -3.77. The zero-order valence-corrected chi connectivity index (χ0v) is 19.9. The minimum Gasteiger partial charge on any atom is -0.496 e. The molecule has 11 nitrogen and oxygen atoms in total. The van der Waals surface area contributed by atoms with Crippen molar-refractivity contribution in [2.24, 2.45) is 5.73 Å². The van der Waals surface area contributed by atoms with Crippen molar-refractivity contribution in [1.82, 2.24) is 24.1 Å². The van der Waals surface area contributed by atoms with E-state index in [9.17, 15) is 19.5 Å². The highest BCUT2D eigenvalue weighted by molar-refractivity contribution is 7.21. The van der Waals surface area contributed by atoms with E-state index in [1.165, 1.54) is 42.7 Å². The summed E-state index contributed by atoms with van der Waals surface area (Å²) in [5.74, 6) is -0.390. The molecule has 0 saturated carbocycles. The molecule has 0 unspecified atom stereocenters. The lowest BCUT2D eigenvalue weighted by Gasteiger charge is -2.25. The standard InChI is InChI=1S/C22H24N6O5S/c1-12-16-17(30)27(22(2,3)20(23)31)21(32)26(19(16)34-18(12)28-24-9-10-25-28)11-14(29)13-7-5-6-8-15(13)33-4/h5-10,14,29H,11H2,1-4H3,(H2,23,31)/t14-/m0/s1. The highest BCUT2D eigenvalue weighted by atomic mass is 32.1. The SMILES string of the molecule is COc1ccccc1[C@@H](O)Cn1c(=O)n(C(C)(C)C(N)=O)c(=O)c2c(C)c(-n3nccn3)sc21. The molecule has 1 amide bonds. The first-order chi connectivity index (χ1) is 16.1. The fraction of sp³-hybridized carbons (Fsp3) is 0.318. The maximum absolute atomic E-state index is 13.6. The quantitative estimate of drug-likeness (QED) is 0.399. The summed E-state index contributed by atoms with van der Waals surface area (Å²) in [4.78, 5) is 41.0. The number of nitrogens with zero attached hydrogens (tertiary/aromatic N) is 5. The summed E-state index contributed by atoms with van der Waals surface area (Å²) in [6.45, 7) is 4.33. The van der Waals surface area contributed by atoms with Crippen LogP contribution in [-0.2, 0) is 16.9 Å². The van der Waals surface area contributed by atoms with Crippen LogP contribution in [0, 0.1) is 6.92 Å². The molecule has 3 aromatic heterocycles. The Labute approximate surface area is 197 Å². The van der Waals surface area contributed by atoms with Crippen molar-refractivity contribution in [2.75, 3.05) is 7.11 Å². The van der Waals surface area contributed by atoms with Gasteiger partial charge in [-0.3, -0.25) is 14.2 Å². The Morgan fingerprint density at radius 3 is 2.50 bits per heavy atom. The van der Waals surface area contributed by atoms with E-state index in [-0.39, 0.29) is 11.9 Å². The van der Waals surface area contributed by atoms with Gasteiger partial charge < -0.3 is 15.6 Å². The molecule has 1 atom stereocenters. The molecule has 3 N–H and O–H groups in total. The van der Waals surface area contributed by atoms with Gasteiger partial charge in [0, 0.05) is 11.1 Å². The van der Waals surface area contributed by atoms with E-state index in [1.54, 1.807) is 31.2 Å². The van der Waals surface area contributed by atoms with Crippen molar-refractivity contribution in [3.63, 3.8) is 0 Å². The summed E-state index contributed by atoms with van der Waals surface area (Å²) < 4.78 is 7.46. The van der Waals surface area contributed by atoms with Crippen LogP contribution in [-0.4, -0.2) is 42.3 Å². The zero-order chi connectivity index (χ0) is 24.8. The van der Waals surface area contributed by atoms with Gasteiger partial charge >= 0.3 is 5.69 Å². The number of aryl methyl sites for hydroxylation is 1. The molecule has 0 radical (unpaired) electrons. The Bertz CT molecular complexity index is 1500. The molecular formula is C22H24N6O5S. The summed E-state index contributed by atoms with van der Waals surface area (Å²) in [6.07, 6.45) is 1.85. The van der Waals surface area contributed by atoms with Gasteiger partial charge in [-0.05, 0) is 26.8 Å². The van der Waals surface area contributed by atoms with Gasteiger partial charge in [-0.25, -0.2) is 9.36 Å². The van der Waals surface area contributed by atoms with Gasteiger partial charge in [0.25, 0.3) is 5.56 Å². The number of aliphatic hydroxyl groups is 1. The van der Waals surface area contributed by atoms with Crippen LogP contribution < -0.4 is 21.7 Å². The Kier molecular flexibility index (Phi) is 5.87. The van der Waals surface area contributed by atoms with Crippen LogP contribution in [0.15, 0.2) is 46.2 Å². The molecule has 0 bridgehead atoms. The number of para-hydroxylation sites is 1. The predicted molar refractivity (Wildman–Crippen MR) is 126 cm³/mol. The minimum atomic E-state index is -1.61. The maximum Gasteiger partial charge on any atom is 0.333 e. The lowest BCUT2D eigenvalue weighted by atomic mass is 10.0. The van der Waals surface area contributed by atoms with Crippen LogP contribution in [0.5, 0.6) is 5.75 Å². The highest BCUT2D eigenvalue weighted by Gasteiger charge is 2.34. The number of rotatable bonds is 7. The van der Waals surface area contributed by atoms with Crippen LogP contribution in [0.1, 0.15) is 31.1 Å². The van der Waals surface area contributed by atoms with Gasteiger partial charge in [-0.2, -0.15) is 10.2 Å². The predicted octanol–water partition coefficient (Wildman–Crippen LogP) is 1.08. The number of ether oxygens (including phenoxy) is 1. The van der Waals surface area contributed by atoms with Crippen molar-refractivity contribution in [1.29, 1.82) is 0 Å². The van der Waals surface area contributed by atoms with Crippen molar-refractivity contribution in [3.05, 3.63) is 68.6 Å². The van der Waals surface area contributed by atoms with Crippen molar-refractivity contribution >= 4 is 27.5 Å². The fourth-order valence-corrected chi connectivity index (χ4v) is 5.04. The van der Waals surface area contributed by atoms with Gasteiger partial charge in [-0.15, -0.1) is 4.80 Å². The second-order valence-corrected chi connectivity index (χ2v) is 9.22. The number of fused-ring (bicyclic) bond motifs is 1. The third-order valence-corrected chi connectivity index (χ3v) is 7.08. The number of primary amides is 1. The summed E-state index contributed by atoms with van der Waals surface area (Å²) in [7, 11) is 1.48. The number of hydrogen-bond donors (Lipinski definition) is 2. The van der Waals surface area contributed by atoms with Gasteiger partial charge in [0.15, 0.2) is 0 Å². The van der Waals surface area contributed by atoms with Gasteiger partial charge in [0.05, 0.1) is 31.4 Å². The van der Waals surface area contributed by atoms with Crippen molar-refractivity contribution in [2.45, 2.75) is 39.0 Å². The number of amides is 1. The first kappa shape index (κ1) is 23.4. The van der Waals surface area contributed by atoms with E-state index in [0.29, 0.717) is 26.7 Å². The maximum atomic E-state index is 13.6. The number of aromatic nitrogens is 5. The zero-order valence-electron chi connectivity index (χ0n) is 19.1. The number of aliphatic hydroxyl groups excluding tert-OH is 1. The number of benzene rings is 1. The van der Waals surface area contributed by atoms with Crippen LogP contribution in [0.2, 0.25) is 0 Å². The van der Waals surface area contributed by atoms with E-state index in [0.717, 1.165) is 15.9 Å². The minimum absolute atomic E-state index is 0.198. The topological polar surface area (TPSA) is 147 Å². The fourth-order valence-electron chi connectivity index (χ4n) is 3.82. The Morgan fingerprint density at radius 1 is 1.24 bits per heavy atom. The van der Waals surface area contributed by atoms with Crippen molar-refractivity contribution < 1.29 is 14.6 Å². The number of hydrogen-bond acceptors (Lipinski definition) is 8. The van der Waals surface area contributed by atoms with Gasteiger partial charge in [-0.1, -0.05) is 29.5 Å². The average Bonchev–Trinajstić information content (AvgIpc) is 3.44. The smallest absolute Gasteiger partial charge is 0.333 e. The molecule has 12 heteroatoms. The third-order valence-electron chi connectivity index (χ3n) is 5.80. The lowest BCUT2D eigenvalue weighted by Crippen LogP contribution is -2.54.